The van der Waals surface area contributed by atoms with Crippen LogP contribution in [-0.4, -0.2) is 31.4 Å². The second kappa shape index (κ2) is 9.30. The molecule has 0 bridgehead atoms. The number of aliphatic hydroxyl groups excluding tert-OH is 1. The molecular weight excluding hydrogens is 280 g/mol. The van der Waals surface area contributed by atoms with Crippen LogP contribution in [-0.2, 0) is 0 Å². The summed E-state index contributed by atoms with van der Waals surface area (Å²) in [5.41, 5.74) is 1.71. The molecule has 1 unspecified atom stereocenters. The third-order valence-corrected chi connectivity index (χ3v) is 3.59. The van der Waals surface area contributed by atoms with Crippen LogP contribution < -0.4 is 15.4 Å². The van der Waals surface area contributed by atoms with Gasteiger partial charge in [-0.2, -0.15) is 0 Å². The summed E-state index contributed by atoms with van der Waals surface area (Å²) in [5, 5.41) is 14.8. The SMILES string of the molecule is COc1ccc(C)c(NC(=O)NCC(CCO)CC(C)C)c1. The second-order valence-electron chi connectivity index (χ2n) is 6.02. The van der Waals surface area contributed by atoms with E-state index in [4.69, 9.17) is 9.84 Å². The van der Waals surface area contributed by atoms with Crippen molar-refractivity contribution in [1.29, 1.82) is 0 Å². The summed E-state index contributed by atoms with van der Waals surface area (Å²) in [6.07, 6.45) is 1.69. The monoisotopic (exact) mass is 308 g/mol. The average molecular weight is 308 g/mol. The van der Waals surface area contributed by atoms with E-state index in [9.17, 15) is 4.79 Å². The molecule has 5 nitrogen and oxygen atoms in total. The van der Waals surface area contributed by atoms with Crippen LogP contribution in [0.5, 0.6) is 5.75 Å². The number of hydrogen-bond acceptors (Lipinski definition) is 3. The highest BCUT2D eigenvalue weighted by molar-refractivity contribution is 5.90. The standard InChI is InChI=1S/C17H28N2O3/c1-12(2)9-14(7-8-20)11-18-17(21)19-16-10-15(22-4)6-5-13(16)3/h5-6,10,12,14,20H,7-9,11H2,1-4H3,(H2,18,19,21). The van der Waals surface area contributed by atoms with Gasteiger partial charge in [0.2, 0.25) is 0 Å². The Morgan fingerprint density at radius 3 is 2.68 bits per heavy atom. The van der Waals surface area contributed by atoms with Gasteiger partial charge in [0.05, 0.1) is 7.11 Å². The predicted octanol–water partition coefficient (Wildman–Crippen LogP) is 3.17. The largest absolute Gasteiger partial charge is 0.497 e. The maximum absolute atomic E-state index is 12.0. The lowest BCUT2D eigenvalue weighted by molar-refractivity contribution is 0.231. The summed E-state index contributed by atoms with van der Waals surface area (Å²) in [7, 11) is 1.60. The number of anilines is 1. The summed E-state index contributed by atoms with van der Waals surface area (Å²) >= 11 is 0. The highest BCUT2D eigenvalue weighted by Gasteiger charge is 2.12. The van der Waals surface area contributed by atoms with Crippen molar-refractivity contribution in [3.63, 3.8) is 0 Å². The first-order valence-corrected chi connectivity index (χ1v) is 7.76. The van der Waals surface area contributed by atoms with Crippen molar-refractivity contribution in [2.45, 2.75) is 33.6 Å². The number of hydrogen-bond donors (Lipinski definition) is 3. The summed E-state index contributed by atoms with van der Waals surface area (Å²) < 4.78 is 5.17. The normalized spacial score (nSPS) is 12.1. The number of carbonyl (C=O) groups is 1. The number of amides is 2. The first-order chi connectivity index (χ1) is 10.5. The van der Waals surface area contributed by atoms with Crippen LogP contribution in [0.2, 0.25) is 0 Å². The van der Waals surface area contributed by atoms with Crippen LogP contribution >= 0.6 is 0 Å². The Hall–Kier alpha value is -1.75. The zero-order valence-electron chi connectivity index (χ0n) is 14.0. The Morgan fingerprint density at radius 2 is 2.09 bits per heavy atom. The van der Waals surface area contributed by atoms with Crippen molar-refractivity contribution >= 4 is 11.7 Å². The van der Waals surface area contributed by atoms with Crippen molar-refractivity contribution in [2.75, 3.05) is 25.6 Å². The van der Waals surface area contributed by atoms with E-state index in [-0.39, 0.29) is 12.6 Å². The molecule has 3 N–H and O–H groups in total. The van der Waals surface area contributed by atoms with Gasteiger partial charge in [-0.05, 0) is 43.2 Å². The van der Waals surface area contributed by atoms with Gasteiger partial charge in [-0.15, -0.1) is 0 Å². The van der Waals surface area contributed by atoms with Gasteiger partial charge in [0.25, 0.3) is 0 Å². The summed E-state index contributed by atoms with van der Waals surface area (Å²) in [5.74, 6) is 1.54. The summed E-state index contributed by atoms with van der Waals surface area (Å²) in [4.78, 5) is 12.0. The lowest BCUT2D eigenvalue weighted by Gasteiger charge is -2.19. The summed E-state index contributed by atoms with van der Waals surface area (Å²) in [6.45, 7) is 6.93. The average Bonchev–Trinajstić information content (AvgIpc) is 2.47. The Morgan fingerprint density at radius 1 is 1.36 bits per heavy atom. The molecular formula is C17H28N2O3. The number of rotatable bonds is 8. The topological polar surface area (TPSA) is 70.6 Å². The molecule has 0 radical (unpaired) electrons. The van der Waals surface area contributed by atoms with Crippen molar-refractivity contribution in [3.05, 3.63) is 23.8 Å². The molecule has 22 heavy (non-hydrogen) atoms. The Balaban J connectivity index is 2.54. The van der Waals surface area contributed by atoms with Crippen LogP contribution in [0.1, 0.15) is 32.3 Å². The fourth-order valence-electron chi connectivity index (χ4n) is 2.42. The minimum Gasteiger partial charge on any atom is -0.497 e. The van der Waals surface area contributed by atoms with Crippen LogP contribution in [0.15, 0.2) is 18.2 Å². The maximum atomic E-state index is 12.0. The lowest BCUT2D eigenvalue weighted by atomic mass is 9.94. The fraction of sp³-hybridized carbons (Fsp3) is 0.588. The number of carbonyl (C=O) groups excluding carboxylic acids is 1. The van der Waals surface area contributed by atoms with Crippen molar-refractivity contribution in [3.8, 4) is 5.75 Å². The van der Waals surface area contributed by atoms with Gasteiger partial charge >= 0.3 is 6.03 Å². The molecule has 1 aromatic carbocycles. The molecule has 0 saturated heterocycles. The number of urea groups is 1. The zero-order chi connectivity index (χ0) is 16.5. The molecule has 2 amide bonds. The molecule has 5 heteroatoms. The van der Waals surface area contributed by atoms with Gasteiger partial charge in [-0.25, -0.2) is 4.79 Å². The first-order valence-electron chi connectivity index (χ1n) is 7.76. The van der Waals surface area contributed by atoms with Gasteiger partial charge in [-0.1, -0.05) is 19.9 Å². The predicted molar refractivity (Wildman–Crippen MR) is 89.4 cm³/mol. The van der Waals surface area contributed by atoms with E-state index in [1.54, 1.807) is 13.2 Å². The van der Waals surface area contributed by atoms with Gasteiger partial charge in [0.1, 0.15) is 5.75 Å². The van der Waals surface area contributed by atoms with E-state index in [1.807, 2.05) is 19.1 Å². The van der Waals surface area contributed by atoms with E-state index >= 15 is 0 Å². The number of methoxy groups -OCH3 is 1. The fourth-order valence-corrected chi connectivity index (χ4v) is 2.42. The molecule has 0 aliphatic heterocycles. The van der Waals surface area contributed by atoms with E-state index in [0.29, 0.717) is 30.6 Å². The Kier molecular flexibility index (Phi) is 7.74. The molecule has 0 saturated carbocycles. The number of aryl methyl sites for hydroxylation is 1. The third kappa shape index (κ3) is 6.35. The molecule has 1 rings (SSSR count). The van der Waals surface area contributed by atoms with Crippen molar-refractivity contribution in [2.24, 2.45) is 11.8 Å². The molecule has 0 spiro atoms. The molecule has 0 aromatic heterocycles. The number of nitrogens with one attached hydrogen (secondary N) is 2. The zero-order valence-corrected chi connectivity index (χ0v) is 14.0. The van der Waals surface area contributed by atoms with E-state index in [1.165, 1.54) is 0 Å². The highest BCUT2D eigenvalue weighted by atomic mass is 16.5. The molecule has 1 atom stereocenters. The molecule has 124 valence electrons. The molecule has 0 heterocycles. The first kappa shape index (κ1) is 18.3. The summed E-state index contributed by atoms with van der Waals surface area (Å²) in [6, 6.07) is 5.33. The highest BCUT2D eigenvalue weighted by Crippen LogP contribution is 2.21. The van der Waals surface area contributed by atoms with Crippen molar-refractivity contribution in [1.82, 2.24) is 5.32 Å². The van der Waals surface area contributed by atoms with E-state index in [2.05, 4.69) is 24.5 Å². The van der Waals surface area contributed by atoms with Gasteiger partial charge in [0.15, 0.2) is 0 Å². The van der Waals surface area contributed by atoms with E-state index in [0.717, 1.165) is 17.7 Å². The quantitative estimate of drug-likeness (QED) is 0.691. The van der Waals surface area contributed by atoms with Gasteiger partial charge in [-0.3, -0.25) is 0 Å². The Bertz CT molecular complexity index is 475. The van der Waals surface area contributed by atoms with Crippen LogP contribution in [0, 0.1) is 18.8 Å². The van der Waals surface area contributed by atoms with Gasteiger partial charge in [0, 0.05) is 24.9 Å². The van der Waals surface area contributed by atoms with Gasteiger partial charge < -0.3 is 20.5 Å². The van der Waals surface area contributed by atoms with Crippen molar-refractivity contribution < 1.29 is 14.6 Å². The smallest absolute Gasteiger partial charge is 0.319 e. The van der Waals surface area contributed by atoms with Crippen LogP contribution in [0.3, 0.4) is 0 Å². The van der Waals surface area contributed by atoms with Crippen LogP contribution in [0.25, 0.3) is 0 Å². The maximum Gasteiger partial charge on any atom is 0.319 e. The molecule has 0 aliphatic carbocycles. The number of ether oxygens (including phenoxy) is 1. The Labute approximate surface area is 133 Å². The minimum atomic E-state index is -0.233. The van der Waals surface area contributed by atoms with Crippen LogP contribution in [0.4, 0.5) is 10.5 Å². The molecule has 0 aliphatic rings. The molecule has 1 aromatic rings. The third-order valence-electron chi connectivity index (χ3n) is 3.59. The minimum absolute atomic E-state index is 0.148. The van der Waals surface area contributed by atoms with E-state index < -0.39 is 0 Å². The second-order valence-corrected chi connectivity index (χ2v) is 6.02. The number of benzene rings is 1. The molecule has 0 fully saturated rings. The lowest BCUT2D eigenvalue weighted by Crippen LogP contribution is -2.34. The number of aliphatic hydroxyl groups is 1.